The van der Waals surface area contributed by atoms with Gasteiger partial charge in [0.05, 0.1) is 24.3 Å². The van der Waals surface area contributed by atoms with Gasteiger partial charge < -0.3 is 19.8 Å². The summed E-state index contributed by atoms with van der Waals surface area (Å²) in [6, 6.07) is 9.48. The molecule has 2 unspecified atom stereocenters. The Morgan fingerprint density at radius 1 is 1.21 bits per heavy atom. The summed E-state index contributed by atoms with van der Waals surface area (Å²) in [6.07, 6.45) is -2.54. The molecule has 0 saturated heterocycles. The molecule has 0 saturated carbocycles. The number of aliphatic carboxylic acids is 1. The predicted octanol–water partition coefficient (Wildman–Crippen LogP) is 4.19. The van der Waals surface area contributed by atoms with Gasteiger partial charge in [-0.3, -0.25) is 9.36 Å². The van der Waals surface area contributed by atoms with Crippen LogP contribution in [0.2, 0.25) is 0 Å². The molecule has 2 rings (SSSR count). The molecule has 3 atom stereocenters. The van der Waals surface area contributed by atoms with Gasteiger partial charge >= 0.3 is 5.97 Å². The molecule has 158 valence electrons. The van der Waals surface area contributed by atoms with Crippen molar-refractivity contribution in [3.05, 3.63) is 64.5 Å². The number of halogens is 1. The first kappa shape index (κ1) is 23.1. The SMILES string of the molecule is Cc1cc(C)c(C(C)P(=O)(O)C[C@@H](O)CC(=O)O)c(OCc2ccc(F)cc2)c1. The van der Waals surface area contributed by atoms with Gasteiger partial charge in [0.1, 0.15) is 18.2 Å². The Morgan fingerprint density at radius 3 is 2.41 bits per heavy atom. The lowest BCUT2D eigenvalue weighted by molar-refractivity contribution is -0.138. The van der Waals surface area contributed by atoms with E-state index in [0.29, 0.717) is 11.3 Å². The maximum absolute atomic E-state index is 13.1. The second-order valence-electron chi connectivity index (χ2n) is 7.27. The summed E-state index contributed by atoms with van der Waals surface area (Å²) in [4.78, 5) is 21.3. The zero-order valence-corrected chi connectivity index (χ0v) is 17.5. The molecule has 0 aromatic heterocycles. The molecule has 0 heterocycles. The van der Waals surface area contributed by atoms with E-state index in [4.69, 9.17) is 9.84 Å². The number of carboxylic acids is 1. The number of aliphatic hydroxyl groups is 1. The molecule has 0 radical (unpaired) electrons. The largest absolute Gasteiger partial charge is 0.489 e. The Labute approximate surface area is 169 Å². The van der Waals surface area contributed by atoms with Crippen LogP contribution in [0.5, 0.6) is 5.75 Å². The average molecular weight is 424 g/mol. The smallest absolute Gasteiger partial charge is 0.305 e. The highest BCUT2D eigenvalue weighted by molar-refractivity contribution is 7.58. The van der Waals surface area contributed by atoms with Crippen molar-refractivity contribution in [1.82, 2.24) is 0 Å². The third-order valence-corrected chi connectivity index (χ3v) is 7.12. The lowest BCUT2D eigenvalue weighted by atomic mass is 10.0. The second kappa shape index (κ2) is 9.53. The van der Waals surface area contributed by atoms with Crippen molar-refractivity contribution in [2.75, 3.05) is 6.16 Å². The van der Waals surface area contributed by atoms with Gasteiger partial charge in [0, 0.05) is 5.56 Å². The highest BCUT2D eigenvalue weighted by Crippen LogP contribution is 2.58. The Hall–Kier alpha value is -2.21. The van der Waals surface area contributed by atoms with E-state index in [-0.39, 0.29) is 12.4 Å². The van der Waals surface area contributed by atoms with E-state index in [0.717, 1.165) is 16.7 Å². The van der Waals surface area contributed by atoms with Gasteiger partial charge in [0.25, 0.3) is 0 Å². The summed E-state index contributed by atoms with van der Waals surface area (Å²) in [5.74, 6) is -1.16. The van der Waals surface area contributed by atoms with Crippen LogP contribution >= 0.6 is 7.37 Å². The predicted molar refractivity (Wildman–Crippen MR) is 108 cm³/mol. The molecule has 0 amide bonds. The number of rotatable bonds is 9. The molecular formula is C21H26FO6P. The number of hydrogen-bond acceptors (Lipinski definition) is 4. The molecule has 29 heavy (non-hydrogen) atoms. The van der Waals surface area contributed by atoms with Crippen LogP contribution in [0.25, 0.3) is 0 Å². The number of carbonyl (C=O) groups is 1. The third kappa shape index (κ3) is 6.39. The van der Waals surface area contributed by atoms with Crippen LogP contribution in [0.4, 0.5) is 4.39 Å². The number of benzene rings is 2. The first-order chi connectivity index (χ1) is 13.5. The second-order valence-corrected chi connectivity index (χ2v) is 9.93. The normalized spacial score (nSPS) is 15.4. The fourth-order valence-corrected chi connectivity index (χ4v) is 5.05. The van der Waals surface area contributed by atoms with Crippen LogP contribution in [0.3, 0.4) is 0 Å². The number of ether oxygens (including phenoxy) is 1. The molecule has 0 spiro atoms. The van der Waals surface area contributed by atoms with Crippen LogP contribution in [-0.4, -0.2) is 33.3 Å². The van der Waals surface area contributed by atoms with Gasteiger partial charge in [-0.2, -0.15) is 0 Å². The Morgan fingerprint density at radius 2 is 1.83 bits per heavy atom. The van der Waals surface area contributed by atoms with E-state index < -0.39 is 37.7 Å². The Kier molecular flexibility index (Phi) is 7.58. The molecular weight excluding hydrogens is 398 g/mol. The lowest BCUT2D eigenvalue weighted by Gasteiger charge is -2.25. The van der Waals surface area contributed by atoms with Crippen molar-refractivity contribution >= 4 is 13.3 Å². The van der Waals surface area contributed by atoms with Crippen molar-refractivity contribution in [1.29, 1.82) is 0 Å². The Balaban J connectivity index is 2.29. The van der Waals surface area contributed by atoms with Crippen molar-refractivity contribution in [3.8, 4) is 5.75 Å². The van der Waals surface area contributed by atoms with E-state index in [2.05, 4.69) is 0 Å². The van der Waals surface area contributed by atoms with Gasteiger partial charge in [0.15, 0.2) is 0 Å². The van der Waals surface area contributed by atoms with Crippen LogP contribution in [0.15, 0.2) is 36.4 Å². The summed E-state index contributed by atoms with van der Waals surface area (Å²) in [5.41, 5.74) is 2.08. The van der Waals surface area contributed by atoms with Gasteiger partial charge in [-0.05, 0) is 55.7 Å². The molecule has 2 aromatic carbocycles. The highest BCUT2D eigenvalue weighted by Gasteiger charge is 2.34. The number of carboxylic acid groups (broad SMARTS) is 1. The van der Waals surface area contributed by atoms with Crippen LogP contribution < -0.4 is 4.74 Å². The van der Waals surface area contributed by atoms with E-state index in [1.165, 1.54) is 12.1 Å². The standard InChI is InChI=1S/C21H26FO6P/c1-13-8-14(2)21(15(3)29(26,27)12-18(23)10-20(24)25)19(9-13)28-11-16-4-6-17(22)7-5-16/h4-9,15,18,23H,10-12H2,1-3H3,(H,24,25)(H,26,27)/t15?,18-/m0/s1. The molecule has 0 aliphatic rings. The lowest BCUT2D eigenvalue weighted by Crippen LogP contribution is -2.19. The fourth-order valence-electron chi connectivity index (χ4n) is 3.26. The van der Waals surface area contributed by atoms with E-state index >= 15 is 0 Å². The topological polar surface area (TPSA) is 104 Å². The van der Waals surface area contributed by atoms with Crippen LogP contribution in [-0.2, 0) is 16.0 Å². The minimum Gasteiger partial charge on any atom is -0.489 e. The van der Waals surface area contributed by atoms with Gasteiger partial charge in [-0.1, -0.05) is 18.2 Å². The summed E-state index contributed by atoms with van der Waals surface area (Å²) < 4.78 is 31.9. The zero-order valence-electron chi connectivity index (χ0n) is 16.6. The summed E-state index contributed by atoms with van der Waals surface area (Å²) in [7, 11) is -3.93. The minimum absolute atomic E-state index is 0.153. The van der Waals surface area contributed by atoms with E-state index in [9.17, 15) is 23.7 Å². The maximum Gasteiger partial charge on any atom is 0.305 e. The number of hydrogen-bond donors (Lipinski definition) is 3. The Bertz CT molecular complexity index is 912. The summed E-state index contributed by atoms with van der Waals surface area (Å²) in [6.45, 7) is 5.40. The quantitative estimate of drug-likeness (QED) is 0.522. The van der Waals surface area contributed by atoms with Crippen molar-refractivity contribution in [2.24, 2.45) is 0 Å². The third-order valence-electron chi connectivity index (χ3n) is 4.71. The molecule has 2 aromatic rings. The minimum atomic E-state index is -3.93. The average Bonchev–Trinajstić information content (AvgIpc) is 2.59. The molecule has 0 fully saturated rings. The summed E-state index contributed by atoms with van der Waals surface area (Å²) >= 11 is 0. The molecule has 0 aliphatic heterocycles. The van der Waals surface area contributed by atoms with Gasteiger partial charge in [-0.15, -0.1) is 0 Å². The zero-order chi connectivity index (χ0) is 21.8. The van der Waals surface area contributed by atoms with Crippen molar-refractivity contribution in [3.63, 3.8) is 0 Å². The van der Waals surface area contributed by atoms with Gasteiger partial charge in [0.2, 0.25) is 7.37 Å². The first-order valence-corrected chi connectivity index (χ1v) is 11.1. The van der Waals surface area contributed by atoms with Crippen LogP contribution in [0.1, 0.15) is 41.3 Å². The fraction of sp³-hybridized carbons (Fsp3) is 0.381. The maximum atomic E-state index is 13.1. The van der Waals surface area contributed by atoms with Crippen molar-refractivity contribution in [2.45, 2.75) is 45.6 Å². The monoisotopic (exact) mass is 424 g/mol. The van der Waals surface area contributed by atoms with Crippen molar-refractivity contribution < 1.29 is 33.6 Å². The highest BCUT2D eigenvalue weighted by atomic mass is 31.2. The molecule has 0 bridgehead atoms. The van der Waals surface area contributed by atoms with Gasteiger partial charge in [-0.25, -0.2) is 4.39 Å². The summed E-state index contributed by atoms with van der Waals surface area (Å²) in [5, 5.41) is 18.6. The van der Waals surface area contributed by atoms with Crippen LogP contribution in [0, 0.1) is 19.7 Å². The number of aliphatic hydroxyl groups excluding tert-OH is 1. The number of aryl methyl sites for hydroxylation is 2. The molecule has 3 N–H and O–H groups in total. The molecule has 8 heteroatoms. The van der Waals surface area contributed by atoms with E-state index in [1.54, 1.807) is 32.0 Å². The first-order valence-electron chi connectivity index (χ1n) is 9.19. The molecule has 0 aliphatic carbocycles. The van der Waals surface area contributed by atoms with E-state index in [1.807, 2.05) is 13.0 Å². The molecule has 6 nitrogen and oxygen atoms in total.